The van der Waals surface area contributed by atoms with Gasteiger partial charge in [0.15, 0.2) is 0 Å². The van der Waals surface area contributed by atoms with E-state index in [0.29, 0.717) is 12.1 Å². The molecule has 4 N–H and O–H groups in total. The number of benzene rings is 1. The number of carbonyl (C=O) groups is 1. The first-order chi connectivity index (χ1) is 15.2. The third-order valence-corrected chi connectivity index (χ3v) is 5.78. The van der Waals surface area contributed by atoms with Crippen molar-refractivity contribution in [3.05, 3.63) is 71.1 Å². The second kappa shape index (κ2) is 9.92. The van der Waals surface area contributed by atoms with Crippen LogP contribution in [0.2, 0.25) is 0 Å². The summed E-state index contributed by atoms with van der Waals surface area (Å²) in [7, 11) is 0. The Morgan fingerprint density at radius 2 is 1.97 bits per heavy atom. The van der Waals surface area contributed by atoms with Gasteiger partial charge in [0.25, 0.3) is 5.91 Å². The first-order valence-corrected chi connectivity index (χ1v) is 11.0. The molecule has 0 aliphatic carbocycles. The molecule has 0 saturated carbocycles. The van der Waals surface area contributed by atoms with Crippen LogP contribution in [0.4, 0.5) is 0 Å². The monoisotopic (exact) mass is 432 g/mol. The van der Waals surface area contributed by atoms with Crippen LogP contribution in [0.5, 0.6) is 0 Å². The summed E-state index contributed by atoms with van der Waals surface area (Å²) in [4.78, 5) is 19.1. The topological polar surface area (TPSA) is 102 Å². The number of fused-ring (bicyclic) bond motifs is 1. The summed E-state index contributed by atoms with van der Waals surface area (Å²) in [5.74, 6) is -0.514. The van der Waals surface area contributed by atoms with E-state index >= 15 is 0 Å². The highest BCUT2D eigenvalue weighted by atomic mass is 16.5. The molecule has 0 aliphatic rings. The van der Waals surface area contributed by atoms with Gasteiger partial charge >= 0.3 is 0 Å². The van der Waals surface area contributed by atoms with Crippen LogP contribution in [-0.2, 0) is 16.6 Å². The van der Waals surface area contributed by atoms with Crippen LogP contribution >= 0.6 is 0 Å². The Kier molecular flexibility index (Phi) is 7.26. The van der Waals surface area contributed by atoms with Crippen LogP contribution < -0.4 is 5.48 Å². The molecule has 0 saturated heterocycles. The van der Waals surface area contributed by atoms with Gasteiger partial charge in [-0.2, -0.15) is 0 Å². The van der Waals surface area contributed by atoms with Crippen molar-refractivity contribution in [2.24, 2.45) is 0 Å². The number of aromatic amines is 1. The fourth-order valence-corrected chi connectivity index (χ4v) is 4.14. The Labute approximate surface area is 189 Å². The van der Waals surface area contributed by atoms with E-state index in [4.69, 9.17) is 10.6 Å². The van der Waals surface area contributed by atoms with E-state index < -0.39 is 5.91 Å². The molecule has 2 heterocycles. The molecule has 6 heteroatoms. The van der Waals surface area contributed by atoms with Crippen LogP contribution in [0.3, 0.4) is 0 Å². The lowest BCUT2D eigenvalue weighted by atomic mass is 9.85. The van der Waals surface area contributed by atoms with Crippen molar-refractivity contribution in [2.75, 3.05) is 0 Å². The van der Waals surface area contributed by atoms with Gasteiger partial charge in [-0.1, -0.05) is 52.0 Å². The Morgan fingerprint density at radius 1 is 1.25 bits per heavy atom. The summed E-state index contributed by atoms with van der Waals surface area (Å²) >= 11 is 0. The van der Waals surface area contributed by atoms with Crippen LogP contribution in [0.1, 0.15) is 68.8 Å². The number of hydrogen-bond donors (Lipinski definition) is 4. The molecule has 1 atom stereocenters. The summed E-state index contributed by atoms with van der Waals surface area (Å²) in [5.41, 5.74) is 7.57. The molecule has 3 aromatic rings. The fraction of sp³-hybridized carbons (Fsp3) is 0.346. The lowest BCUT2D eigenvalue weighted by Crippen LogP contribution is -2.16. The third kappa shape index (κ3) is 5.32. The molecule has 2 aromatic heterocycles. The van der Waals surface area contributed by atoms with Crippen LogP contribution in [0.25, 0.3) is 17.1 Å². The first-order valence-electron chi connectivity index (χ1n) is 11.0. The second-order valence-electron chi connectivity index (χ2n) is 9.09. The number of nitrogens with one attached hydrogen (secondary N) is 3. The Bertz CT molecular complexity index is 1120. The summed E-state index contributed by atoms with van der Waals surface area (Å²) in [6, 6.07) is 11.9. The van der Waals surface area contributed by atoms with Crippen molar-refractivity contribution in [1.82, 2.24) is 15.4 Å². The van der Waals surface area contributed by atoms with Gasteiger partial charge in [0, 0.05) is 40.4 Å². The SMILES string of the molecule is CC[C@H](C(=N)CCc1c(C(C)(C)C)[nH]c2ncccc12)c1ccc(/C=C/C(=O)NO)cc1. The summed E-state index contributed by atoms with van der Waals surface area (Å²) in [6.45, 7) is 8.69. The maximum atomic E-state index is 11.2. The fourth-order valence-electron chi connectivity index (χ4n) is 4.14. The minimum atomic E-state index is -0.565. The normalized spacial score (nSPS) is 12.9. The highest BCUT2D eigenvalue weighted by molar-refractivity contribution is 5.91. The van der Waals surface area contributed by atoms with Gasteiger partial charge in [0.05, 0.1) is 0 Å². The standard InChI is InChI=1S/C26H32N4O2/c1-5-19(18-11-8-17(9-12-18)10-15-23(31)30-32)22(27)14-13-20-21-7-6-16-28-25(21)29-24(20)26(2,3)4/h6-12,15-16,19,27,32H,5,13-14H2,1-4H3,(H,28,29)(H,30,31)/b15-10+,27-22?/t19-/m0/s1. The van der Waals surface area contributed by atoms with E-state index in [0.717, 1.165) is 35.0 Å². The quantitative estimate of drug-likeness (QED) is 0.163. The van der Waals surface area contributed by atoms with E-state index in [1.165, 1.54) is 17.3 Å². The number of nitrogens with zero attached hydrogens (tertiary/aromatic N) is 1. The van der Waals surface area contributed by atoms with Gasteiger partial charge in [0.1, 0.15) is 5.65 Å². The lowest BCUT2D eigenvalue weighted by Gasteiger charge is -2.21. The molecule has 3 rings (SSSR count). The number of hydrogen-bond acceptors (Lipinski definition) is 4. The van der Waals surface area contributed by atoms with Crippen molar-refractivity contribution in [1.29, 1.82) is 5.41 Å². The van der Waals surface area contributed by atoms with Crippen molar-refractivity contribution < 1.29 is 10.0 Å². The molecule has 0 fully saturated rings. The second-order valence-corrected chi connectivity index (χ2v) is 9.09. The first kappa shape index (κ1) is 23.4. The Morgan fingerprint density at radius 3 is 2.59 bits per heavy atom. The predicted octanol–water partition coefficient (Wildman–Crippen LogP) is 5.53. The number of rotatable bonds is 8. The highest BCUT2D eigenvalue weighted by Gasteiger charge is 2.24. The summed E-state index contributed by atoms with van der Waals surface area (Å²) in [6.07, 6.45) is 7.05. The van der Waals surface area contributed by atoms with E-state index in [1.54, 1.807) is 17.8 Å². The molecule has 0 radical (unpaired) electrons. The van der Waals surface area contributed by atoms with E-state index in [9.17, 15) is 4.79 Å². The van der Waals surface area contributed by atoms with Gasteiger partial charge in [-0.15, -0.1) is 0 Å². The zero-order valence-electron chi connectivity index (χ0n) is 19.2. The number of aryl methyl sites for hydroxylation is 1. The molecule has 32 heavy (non-hydrogen) atoms. The lowest BCUT2D eigenvalue weighted by molar-refractivity contribution is -0.124. The Hall–Kier alpha value is -3.25. The number of pyridine rings is 1. The maximum Gasteiger partial charge on any atom is 0.267 e. The van der Waals surface area contributed by atoms with Crippen molar-refractivity contribution in [3.63, 3.8) is 0 Å². The molecule has 1 aromatic carbocycles. The molecule has 1 amide bonds. The molecular weight excluding hydrogens is 400 g/mol. The van der Waals surface area contributed by atoms with Crippen molar-refractivity contribution in [3.8, 4) is 0 Å². The van der Waals surface area contributed by atoms with E-state index in [-0.39, 0.29) is 11.3 Å². The Balaban J connectivity index is 1.77. The van der Waals surface area contributed by atoms with E-state index in [2.05, 4.69) is 43.7 Å². The molecule has 0 aliphatic heterocycles. The van der Waals surface area contributed by atoms with Gasteiger partial charge in [-0.25, -0.2) is 10.5 Å². The van der Waals surface area contributed by atoms with Gasteiger partial charge in [-0.05, 0) is 54.2 Å². The van der Waals surface area contributed by atoms with Gasteiger partial charge < -0.3 is 10.4 Å². The number of amides is 1. The van der Waals surface area contributed by atoms with E-state index in [1.807, 2.05) is 30.3 Å². The maximum absolute atomic E-state index is 11.2. The zero-order chi connectivity index (χ0) is 23.3. The van der Waals surface area contributed by atoms with Gasteiger partial charge in [0.2, 0.25) is 0 Å². The number of hydroxylamine groups is 1. The highest BCUT2D eigenvalue weighted by Crippen LogP contribution is 2.32. The summed E-state index contributed by atoms with van der Waals surface area (Å²) in [5, 5.41) is 18.5. The summed E-state index contributed by atoms with van der Waals surface area (Å²) < 4.78 is 0. The molecular formula is C26H32N4O2. The molecule has 0 bridgehead atoms. The average molecular weight is 433 g/mol. The van der Waals surface area contributed by atoms with Crippen molar-refractivity contribution in [2.45, 2.75) is 58.3 Å². The number of carbonyl (C=O) groups excluding carboxylic acids is 1. The van der Waals surface area contributed by atoms with Crippen LogP contribution in [0, 0.1) is 5.41 Å². The largest absolute Gasteiger partial charge is 0.343 e. The third-order valence-electron chi connectivity index (χ3n) is 5.78. The van der Waals surface area contributed by atoms with Crippen LogP contribution in [0.15, 0.2) is 48.7 Å². The van der Waals surface area contributed by atoms with Crippen LogP contribution in [-0.4, -0.2) is 26.8 Å². The average Bonchev–Trinajstić information content (AvgIpc) is 3.16. The number of H-pyrrole nitrogens is 1. The van der Waals surface area contributed by atoms with Gasteiger partial charge in [-0.3, -0.25) is 10.0 Å². The zero-order valence-corrected chi connectivity index (χ0v) is 19.2. The van der Waals surface area contributed by atoms with Crippen molar-refractivity contribution >= 4 is 28.7 Å². The minimum absolute atomic E-state index is 0.0291. The molecule has 168 valence electrons. The smallest absolute Gasteiger partial charge is 0.267 e. The molecule has 0 spiro atoms. The predicted molar refractivity (Wildman–Crippen MR) is 129 cm³/mol. The molecule has 0 unspecified atom stereocenters. The number of aromatic nitrogens is 2. The molecule has 6 nitrogen and oxygen atoms in total. The minimum Gasteiger partial charge on any atom is -0.343 e.